The van der Waals surface area contributed by atoms with Gasteiger partial charge in [0.15, 0.2) is 0 Å². The van der Waals surface area contributed by atoms with Crippen molar-refractivity contribution >= 4 is 5.97 Å². The third-order valence-electron chi connectivity index (χ3n) is 6.16. The molecule has 1 atom stereocenters. The van der Waals surface area contributed by atoms with Crippen molar-refractivity contribution in [3.05, 3.63) is 82.7 Å². The van der Waals surface area contributed by atoms with E-state index in [1.165, 1.54) is 0 Å². The molecule has 32 heavy (non-hydrogen) atoms. The maximum absolute atomic E-state index is 13.2. The summed E-state index contributed by atoms with van der Waals surface area (Å²) in [5.41, 5.74) is 4.02. The number of aliphatic hydroxyl groups is 1. The Bertz CT molecular complexity index is 1030. The minimum Gasteiger partial charge on any atom is -0.460 e. The molecule has 1 aromatic heterocycles. The van der Waals surface area contributed by atoms with Crippen molar-refractivity contribution < 1.29 is 14.6 Å². The molecule has 3 rings (SSSR count). The van der Waals surface area contributed by atoms with E-state index in [1.807, 2.05) is 82.4 Å². The number of hydrogen-bond donors (Lipinski definition) is 1. The molecule has 0 amide bonds. The number of benzene rings is 2. The van der Waals surface area contributed by atoms with Crippen LogP contribution in [-0.2, 0) is 35.7 Å². The van der Waals surface area contributed by atoms with Crippen LogP contribution in [0.2, 0.25) is 0 Å². The third kappa shape index (κ3) is 5.62. The second-order valence-corrected chi connectivity index (χ2v) is 8.78. The fourth-order valence-corrected chi connectivity index (χ4v) is 3.97. The molecule has 6 nitrogen and oxygen atoms in total. The number of aromatic nitrogens is 3. The average Bonchev–Trinajstić information content (AvgIpc) is 3.27. The summed E-state index contributed by atoms with van der Waals surface area (Å²) in [7, 11) is 0. The zero-order valence-electron chi connectivity index (χ0n) is 19.4. The van der Waals surface area contributed by atoms with Gasteiger partial charge in [-0.05, 0) is 68.7 Å². The Hall–Kier alpha value is -2.99. The molecule has 6 heteroatoms. The number of rotatable bonds is 10. The van der Waals surface area contributed by atoms with E-state index in [9.17, 15) is 9.90 Å². The molecule has 1 N–H and O–H groups in total. The first-order chi connectivity index (χ1) is 15.3. The largest absolute Gasteiger partial charge is 0.460 e. The van der Waals surface area contributed by atoms with Crippen molar-refractivity contribution in [2.45, 2.75) is 66.2 Å². The maximum atomic E-state index is 13.2. The summed E-state index contributed by atoms with van der Waals surface area (Å²) in [6, 6.07) is 15.8. The molecular formula is C26H33N3O3. The maximum Gasteiger partial charge on any atom is 0.312 e. The topological polar surface area (TPSA) is 77.2 Å². The molecule has 0 bridgehead atoms. The average molecular weight is 436 g/mol. The Morgan fingerprint density at radius 2 is 1.94 bits per heavy atom. The van der Waals surface area contributed by atoms with Gasteiger partial charge in [-0.25, -0.2) is 0 Å². The van der Waals surface area contributed by atoms with Gasteiger partial charge in [-0.2, -0.15) is 0 Å². The number of esters is 1. The van der Waals surface area contributed by atoms with Gasteiger partial charge in [0.25, 0.3) is 0 Å². The number of carbonyl (C=O) groups is 1. The first-order valence-electron chi connectivity index (χ1n) is 11.2. The van der Waals surface area contributed by atoms with Crippen LogP contribution in [0.5, 0.6) is 0 Å². The Kier molecular flexibility index (Phi) is 7.80. The van der Waals surface area contributed by atoms with Gasteiger partial charge in [0.2, 0.25) is 0 Å². The van der Waals surface area contributed by atoms with E-state index >= 15 is 0 Å². The Balaban J connectivity index is 1.84. The van der Waals surface area contributed by atoms with E-state index in [4.69, 9.17) is 4.74 Å². The van der Waals surface area contributed by atoms with Crippen LogP contribution in [0.25, 0.3) is 0 Å². The standard InChI is InChI=1S/C26H33N3O3/c1-5-29-16-23(27-28-29)13-14-24(21-12-11-19(2)22(15-21)17-30)26(3,4)25(31)32-18-20-9-7-6-8-10-20/h6-12,15-16,24,30H,5,13-14,17-18H2,1-4H3. The Morgan fingerprint density at radius 3 is 2.59 bits per heavy atom. The van der Waals surface area contributed by atoms with Crippen LogP contribution in [0, 0.1) is 12.3 Å². The van der Waals surface area contributed by atoms with Crippen LogP contribution in [0.1, 0.15) is 61.1 Å². The normalized spacial score (nSPS) is 12.5. The molecule has 0 aliphatic heterocycles. The lowest BCUT2D eigenvalue weighted by Crippen LogP contribution is -2.34. The van der Waals surface area contributed by atoms with Gasteiger partial charge >= 0.3 is 5.97 Å². The second kappa shape index (κ2) is 10.6. The van der Waals surface area contributed by atoms with Crippen molar-refractivity contribution in [2.24, 2.45) is 5.41 Å². The van der Waals surface area contributed by atoms with Crippen LogP contribution < -0.4 is 0 Å². The lowest BCUT2D eigenvalue weighted by molar-refractivity contribution is -0.156. The Morgan fingerprint density at radius 1 is 1.19 bits per heavy atom. The van der Waals surface area contributed by atoms with Gasteiger partial charge in [-0.1, -0.05) is 53.7 Å². The summed E-state index contributed by atoms with van der Waals surface area (Å²) in [4.78, 5) is 13.2. The summed E-state index contributed by atoms with van der Waals surface area (Å²) in [5, 5.41) is 18.2. The van der Waals surface area contributed by atoms with Gasteiger partial charge in [0.1, 0.15) is 6.61 Å². The van der Waals surface area contributed by atoms with Gasteiger partial charge in [-0.15, -0.1) is 5.10 Å². The van der Waals surface area contributed by atoms with E-state index in [0.29, 0.717) is 12.8 Å². The van der Waals surface area contributed by atoms with Crippen LogP contribution in [0.3, 0.4) is 0 Å². The van der Waals surface area contributed by atoms with E-state index < -0.39 is 5.41 Å². The summed E-state index contributed by atoms with van der Waals surface area (Å²) < 4.78 is 7.53. The monoisotopic (exact) mass is 435 g/mol. The molecule has 170 valence electrons. The predicted octanol–water partition coefficient (Wildman–Crippen LogP) is 4.58. The molecule has 0 radical (unpaired) electrons. The van der Waals surface area contributed by atoms with Crippen molar-refractivity contribution in [3.8, 4) is 0 Å². The fourth-order valence-electron chi connectivity index (χ4n) is 3.97. The SMILES string of the molecule is CCn1cc(CCC(c2ccc(C)c(CO)c2)C(C)(C)C(=O)OCc2ccccc2)nn1. The van der Waals surface area contributed by atoms with Crippen molar-refractivity contribution in [1.82, 2.24) is 15.0 Å². The zero-order valence-corrected chi connectivity index (χ0v) is 19.4. The smallest absolute Gasteiger partial charge is 0.312 e. The highest BCUT2D eigenvalue weighted by molar-refractivity contribution is 5.77. The van der Waals surface area contributed by atoms with Gasteiger partial charge in [0.05, 0.1) is 17.7 Å². The molecule has 0 aliphatic carbocycles. The van der Waals surface area contributed by atoms with Crippen LogP contribution in [0.4, 0.5) is 0 Å². The van der Waals surface area contributed by atoms with E-state index in [1.54, 1.807) is 4.68 Å². The van der Waals surface area contributed by atoms with Crippen molar-refractivity contribution in [3.63, 3.8) is 0 Å². The zero-order chi connectivity index (χ0) is 23.1. The molecule has 0 fully saturated rings. The van der Waals surface area contributed by atoms with E-state index in [2.05, 4.69) is 10.3 Å². The van der Waals surface area contributed by atoms with Crippen LogP contribution in [-0.4, -0.2) is 26.1 Å². The lowest BCUT2D eigenvalue weighted by Gasteiger charge is -2.33. The summed E-state index contributed by atoms with van der Waals surface area (Å²) in [6.45, 7) is 8.86. The predicted molar refractivity (Wildman–Crippen MR) is 124 cm³/mol. The first-order valence-corrected chi connectivity index (χ1v) is 11.2. The number of ether oxygens (including phenoxy) is 1. The van der Waals surface area contributed by atoms with Crippen LogP contribution >= 0.6 is 0 Å². The molecule has 0 aliphatic rings. The first kappa shape index (κ1) is 23.7. The number of nitrogens with zero attached hydrogens (tertiary/aromatic N) is 3. The highest BCUT2D eigenvalue weighted by Gasteiger charge is 2.39. The molecule has 0 saturated carbocycles. The van der Waals surface area contributed by atoms with E-state index in [-0.39, 0.29) is 25.1 Å². The fraction of sp³-hybridized carbons (Fsp3) is 0.423. The highest BCUT2D eigenvalue weighted by atomic mass is 16.5. The van der Waals surface area contributed by atoms with Gasteiger partial charge in [0, 0.05) is 12.7 Å². The molecule has 3 aromatic rings. The molecule has 2 aromatic carbocycles. The van der Waals surface area contributed by atoms with E-state index in [0.717, 1.165) is 34.5 Å². The molecular weight excluding hydrogens is 402 g/mol. The van der Waals surface area contributed by atoms with Crippen molar-refractivity contribution in [1.29, 1.82) is 0 Å². The molecule has 0 saturated heterocycles. The number of aryl methyl sites for hydroxylation is 3. The van der Waals surface area contributed by atoms with Crippen LogP contribution in [0.15, 0.2) is 54.7 Å². The minimum absolute atomic E-state index is 0.0316. The molecule has 1 heterocycles. The molecule has 1 unspecified atom stereocenters. The lowest BCUT2D eigenvalue weighted by atomic mass is 9.72. The number of hydrogen-bond acceptors (Lipinski definition) is 5. The van der Waals surface area contributed by atoms with Gasteiger partial charge in [-0.3, -0.25) is 9.48 Å². The highest BCUT2D eigenvalue weighted by Crippen LogP contribution is 2.41. The summed E-state index contributed by atoms with van der Waals surface area (Å²) in [5.74, 6) is -0.349. The quantitative estimate of drug-likeness (QED) is 0.472. The number of carbonyl (C=O) groups excluding carboxylic acids is 1. The third-order valence-corrected chi connectivity index (χ3v) is 6.16. The van der Waals surface area contributed by atoms with Crippen molar-refractivity contribution in [2.75, 3.05) is 0 Å². The summed E-state index contributed by atoms with van der Waals surface area (Å²) >= 11 is 0. The second-order valence-electron chi connectivity index (χ2n) is 8.78. The molecule has 0 spiro atoms. The summed E-state index contributed by atoms with van der Waals surface area (Å²) in [6.07, 6.45) is 3.36. The Labute approximate surface area is 190 Å². The minimum atomic E-state index is -0.766. The van der Waals surface area contributed by atoms with Gasteiger partial charge < -0.3 is 9.84 Å². The number of aliphatic hydroxyl groups excluding tert-OH is 1.